The van der Waals surface area contributed by atoms with E-state index in [0.29, 0.717) is 24.3 Å². The van der Waals surface area contributed by atoms with Crippen LogP contribution >= 0.6 is 0 Å². The van der Waals surface area contributed by atoms with Gasteiger partial charge in [0.2, 0.25) is 0 Å². The van der Waals surface area contributed by atoms with Gasteiger partial charge in [0.15, 0.2) is 5.65 Å². The van der Waals surface area contributed by atoms with Crippen LogP contribution in [0.15, 0.2) is 48.9 Å². The molecular formula is C22H22N6O. The first-order valence-corrected chi connectivity index (χ1v) is 9.81. The van der Waals surface area contributed by atoms with E-state index < -0.39 is 0 Å². The van der Waals surface area contributed by atoms with Crippen LogP contribution in [0, 0.1) is 6.92 Å². The molecule has 0 saturated carbocycles. The van der Waals surface area contributed by atoms with Gasteiger partial charge in [-0.05, 0) is 18.9 Å². The third-order valence-corrected chi connectivity index (χ3v) is 5.58. The van der Waals surface area contributed by atoms with E-state index in [2.05, 4.69) is 22.2 Å². The van der Waals surface area contributed by atoms with Crippen LogP contribution in [0.1, 0.15) is 27.2 Å². The molecule has 1 amide bonds. The highest BCUT2D eigenvalue weighted by Gasteiger charge is 2.26. The van der Waals surface area contributed by atoms with Crippen LogP contribution in [0.4, 0.5) is 0 Å². The summed E-state index contributed by atoms with van der Waals surface area (Å²) < 4.78 is 3.64. The summed E-state index contributed by atoms with van der Waals surface area (Å²) in [6.07, 6.45) is 6.84. The summed E-state index contributed by atoms with van der Waals surface area (Å²) in [7, 11) is 1.99. The van der Waals surface area contributed by atoms with Crippen LogP contribution in [-0.2, 0) is 19.9 Å². The number of carbonyl (C=O) groups is 1. The number of fused-ring (bicyclic) bond motifs is 2. The number of hydrogen-bond acceptors (Lipinski definition) is 4. The maximum absolute atomic E-state index is 13.2. The van der Waals surface area contributed by atoms with E-state index in [0.717, 1.165) is 29.7 Å². The summed E-state index contributed by atoms with van der Waals surface area (Å²) in [5.41, 5.74) is 6.74. The summed E-state index contributed by atoms with van der Waals surface area (Å²) in [4.78, 5) is 19.6. The van der Waals surface area contributed by atoms with Gasteiger partial charge < -0.3 is 4.90 Å². The van der Waals surface area contributed by atoms with Crippen molar-refractivity contribution in [2.75, 3.05) is 13.1 Å². The fourth-order valence-corrected chi connectivity index (χ4v) is 4.10. The number of benzene rings is 1. The van der Waals surface area contributed by atoms with Gasteiger partial charge in [0.05, 0.1) is 11.9 Å². The van der Waals surface area contributed by atoms with Crippen molar-refractivity contribution < 1.29 is 4.79 Å². The Morgan fingerprint density at radius 3 is 2.69 bits per heavy atom. The molecule has 0 spiro atoms. The average molecular weight is 386 g/mol. The highest BCUT2D eigenvalue weighted by Crippen LogP contribution is 2.28. The maximum Gasteiger partial charge on any atom is 0.259 e. The smallest absolute Gasteiger partial charge is 0.259 e. The Morgan fingerprint density at radius 1 is 1.07 bits per heavy atom. The summed E-state index contributed by atoms with van der Waals surface area (Å²) in [6, 6.07) is 10.2. The molecule has 5 rings (SSSR count). The molecule has 3 aromatic heterocycles. The Balaban J connectivity index is 1.44. The van der Waals surface area contributed by atoms with Crippen LogP contribution in [0.25, 0.3) is 16.9 Å². The number of carbonyl (C=O) groups excluding carboxylic acids is 1. The zero-order chi connectivity index (χ0) is 20.0. The van der Waals surface area contributed by atoms with Crippen LogP contribution in [0.5, 0.6) is 0 Å². The van der Waals surface area contributed by atoms with E-state index in [-0.39, 0.29) is 5.91 Å². The Hall–Kier alpha value is -3.48. The maximum atomic E-state index is 13.2. The molecule has 7 heteroatoms. The lowest BCUT2D eigenvalue weighted by Crippen LogP contribution is -2.33. The lowest BCUT2D eigenvalue weighted by molar-refractivity contribution is 0.0764. The molecule has 1 aliphatic rings. The number of hydrogen-bond donors (Lipinski definition) is 0. The quantitative estimate of drug-likeness (QED) is 0.531. The molecule has 1 aromatic carbocycles. The zero-order valence-electron chi connectivity index (χ0n) is 16.5. The van der Waals surface area contributed by atoms with Gasteiger partial charge in [-0.2, -0.15) is 10.2 Å². The summed E-state index contributed by atoms with van der Waals surface area (Å²) in [6.45, 7) is 3.27. The van der Waals surface area contributed by atoms with Crippen LogP contribution in [-0.4, -0.2) is 48.3 Å². The molecular weight excluding hydrogens is 364 g/mol. The van der Waals surface area contributed by atoms with Crippen LogP contribution < -0.4 is 0 Å². The lowest BCUT2D eigenvalue weighted by atomic mass is 10.0. The van der Waals surface area contributed by atoms with E-state index in [1.807, 2.05) is 47.9 Å². The minimum Gasteiger partial charge on any atom is -0.338 e. The fraction of sp³-hybridized carbons (Fsp3) is 0.273. The van der Waals surface area contributed by atoms with Crippen molar-refractivity contribution in [3.8, 4) is 11.3 Å². The van der Waals surface area contributed by atoms with Crippen molar-refractivity contribution in [2.24, 2.45) is 7.05 Å². The topological polar surface area (TPSA) is 68.3 Å². The second-order valence-corrected chi connectivity index (χ2v) is 7.51. The molecule has 146 valence electrons. The summed E-state index contributed by atoms with van der Waals surface area (Å²) >= 11 is 0. The molecule has 0 fully saturated rings. The molecule has 0 N–H and O–H groups in total. The number of amides is 1. The molecule has 29 heavy (non-hydrogen) atoms. The molecule has 4 aromatic rings. The van der Waals surface area contributed by atoms with Crippen molar-refractivity contribution in [1.82, 2.24) is 29.3 Å². The predicted molar refractivity (Wildman–Crippen MR) is 110 cm³/mol. The minimum absolute atomic E-state index is 0.0154. The lowest BCUT2D eigenvalue weighted by Gasteiger charge is -2.19. The standard InChI is InChI=1S/C22H22N6O/c1-15-12-23-21-18(13-24-28(21)14-15)22(29)27-10-8-17-19(9-11-27)26(2)25-20(17)16-6-4-3-5-7-16/h3-7,12-14H,8-11H2,1-2H3. The van der Waals surface area contributed by atoms with Gasteiger partial charge in [0.25, 0.3) is 5.91 Å². The zero-order valence-corrected chi connectivity index (χ0v) is 16.5. The Morgan fingerprint density at radius 2 is 1.86 bits per heavy atom. The van der Waals surface area contributed by atoms with Crippen LogP contribution in [0.2, 0.25) is 0 Å². The van der Waals surface area contributed by atoms with Gasteiger partial charge in [0, 0.05) is 55.8 Å². The Labute approximate surface area is 168 Å². The molecule has 0 radical (unpaired) electrons. The van der Waals surface area contributed by atoms with Gasteiger partial charge in [-0.1, -0.05) is 30.3 Å². The molecule has 0 bridgehead atoms. The summed E-state index contributed by atoms with van der Waals surface area (Å²) in [5.74, 6) is -0.0154. The highest BCUT2D eigenvalue weighted by molar-refractivity contribution is 5.99. The summed E-state index contributed by atoms with van der Waals surface area (Å²) in [5, 5.41) is 9.07. The van der Waals surface area contributed by atoms with Crippen LogP contribution in [0.3, 0.4) is 0 Å². The molecule has 0 saturated heterocycles. The second-order valence-electron chi connectivity index (χ2n) is 7.51. The normalized spacial score (nSPS) is 14.1. The number of aromatic nitrogens is 5. The monoisotopic (exact) mass is 386 g/mol. The number of rotatable bonds is 2. The first-order chi connectivity index (χ1) is 14.1. The van der Waals surface area contributed by atoms with Crippen molar-refractivity contribution in [1.29, 1.82) is 0 Å². The average Bonchev–Trinajstić information content (AvgIpc) is 3.20. The SMILES string of the molecule is Cc1cnc2c(C(=O)N3CCc4c(-c5ccccc5)nn(C)c4CC3)cnn2c1. The van der Waals surface area contributed by atoms with Crippen molar-refractivity contribution >= 4 is 11.6 Å². The molecule has 0 aliphatic carbocycles. The van der Waals surface area contributed by atoms with Crippen molar-refractivity contribution in [2.45, 2.75) is 19.8 Å². The van der Waals surface area contributed by atoms with E-state index in [4.69, 9.17) is 5.10 Å². The second kappa shape index (κ2) is 6.84. The first-order valence-electron chi connectivity index (χ1n) is 9.81. The Kier molecular flexibility index (Phi) is 4.16. The molecule has 0 atom stereocenters. The highest BCUT2D eigenvalue weighted by atomic mass is 16.2. The molecule has 0 unspecified atom stereocenters. The number of nitrogens with zero attached hydrogens (tertiary/aromatic N) is 6. The van der Waals surface area contributed by atoms with Gasteiger partial charge in [-0.25, -0.2) is 9.50 Å². The molecule has 1 aliphatic heterocycles. The van der Waals surface area contributed by atoms with Gasteiger partial charge >= 0.3 is 0 Å². The van der Waals surface area contributed by atoms with Gasteiger partial charge in [-0.3, -0.25) is 9.48 Å². The minimum atomic E-state index is -0.0154. The van der Waals surface area contributed by atoms with Crippen molar-refractivity contribution in [3.63, 3.8) is 0 Å². The van der Waals surface area contributed by atoms with E-state index in [1.165, 1.54) is 11.3 Å². The molecule has 4 heterocycles. The third-order valence-electron chi connectivity index (χ3n) is 5.58. The van der Waals surface area contributed by atoms with E-state index in [9.17, 15) is 4.79 Å². The molecule has 7 nitrogen and oxygen atoms in total. The van der Waals surface area contributed by atoms with E-state index >= 15 is 0 Å². The number of aryl methyl sites for hydroxylation is 2. The Bertz CT molecular complexity index is 1210. The fourth-order valence-electron chi connectivity index (χ4n) is 4.10. The third kappa shape index (κ3) is 2.99. The largest absolute Gasteiger partial charge is 0.338 e. The predicted octanol–water partition coefficient (Wildman–Crippen LogP) is 2.68. The van der Waals surface area contributed by atoms with Crippen molar-refractivity contribution in [3.05, 3.63) is 71.3 Å². The first kappa shape index (κ1) is 17.6. The van der Waals surface area contributed by atoms with Gasteiger partial charge in [0.1, 0.15) is 5.56 Å². The van der Waals surface area contributed by atoms with Gasteiger partial charge in [-0.15, -0.1) is 0 Å². The van der Waals surface area contributed by atoms with E-state index in [1.54, 1.807) is 16.9 Å².